The number of rotatable bonds is 2. The van der Waals surface area contributed by atoms with Crippen molar-refractivity contribution in [3.63, 3.8) is 0 Å². The van der Waals surface area contributed by atoms with Crippen molar-refractivity contribution in [2.24, 2.45) is 0 Å². The van der Waals surface area contributed by atoms with Crippen LogP contribution in [-0.2, 0) is 0 Å². The van der Waals surface area contributed by atoms with Crippen molar-refractivity contribution in [2.45, 2.75) is 6.92 Å². The zero-order valence-electron chi connectivity index (χ0n) is 12.0. The number of aromatic nitrogens is 3. The standard InChI is InChI=1S/C18H13N3S/c1-12-7-9-15-14(11-12)8-10-16(19-15)18-20-17(21-22-18)13-5-3-2-4-6-13/h2-11H,1H3. The van der Waals surface area contributed by atoms with E-state index in [1.807, 2.05) is 42.5 Å². The molecule has 0 unspecified atom stereocenters. The molecule has 0 N–H and O–H groups in total. The van der Waals surface area contributed by atoms with Gasteiger partial charge in [0, 0.05) is 10.9 Å². The number of hydrogen-bond acceptors (Lipinski definition) is 4. The maximum Gasteiger partial charge on any atom is 0.173 e. The summed E-state index contributed by atoms with van der Waals surface area (Å²) in [5, 5.41) is 2.00. The fourth-order valence-corrected chi connectivity index (χ4v) is 3.05. The predicted octanol–water partition coefficient (Wildman–Crippen LogP) is 4.73. The number of fused-ring (bicyclic) bond motifs is 1. The highest BCUT2D eigenvalue weighted by atomic mass is 32.1. The molecule has 2 aromatic heterocycles. The summed E-state index contributed by atoms with van der Waals surface area (Å²) >= 11 is 1.39. The lowest BCUT2D eigenvalue weighted by Gasteiger charge is -2.01. The van der Waals surface area contributed by atoms with Gasteiger partial charge < -0.3 is 0 Å². The zero-order valence-corrected chi connectivity index (χ0v) is 12.8. The Balaban J connectivity index is 1.76. The molecular weight excluding hydrogens is 290 g/mol. The quantitative estimate of drug-likeness (QED) is 0.537. The van der Waals surface area contributed by atoms with E-state index in [0.29, 0.717) is 0 Å². The van der Waals surface area contributed by atoms with E-state index in [1.54, 1.807) is 0 Å². The van der Waals surface area contributed by atoms with Crippen LogP contribution in [0, 0.1) is 6.92 Å². The molecule has 0 saturated carbocycles. The maximum absolute atomic E-state index is 4.70. The molecule has 4 rings (SSSR count). The molecule has 2 heterocycles. The van der Waals surface area contributed by atoms with Crippen LogP contribution >= 0.6 is 11.5 Å². The molecular formula is C18H13N3S. The molecule has 0 atom stereocenters. The first kappa shape index (κ1) is 13.1. The largest absolute Gasteiger partial charge is 0.245 e. The van der Waals surface area contributed by atoms with Gasteiger partial charge in [-0.05, 0) is 36.7 Å². The molecule has 0 radical (unpaired) electrons. The highest BCUT2D eigenvalue weighted by Gasteiger charge is 2.10. The number of hydrogen-bond donors (Lipinski definition) is 0. The molecule has 0 aliphatic heterocycles. The van der Waals surface area contributed by atoms with Crippen LogP contribution in [0.15, 0.2) is 60.7 Å². The molecule has 3 nitrogen and oxygen atoms in total. The topological polar surface area (TPSA) is 38.7 Å². The molecule has 4 heteroatoms. The third kappa shape index (κ3) is 2.38. The van der Waals surface area contributed by atoms with Gasteiger partial charge in [-0.15, -0.1) is 0 Å². The fraction of sp³-hybridized carbons (Fsp3) is 0.0556. The molecule has 0 aliphatic carbocycles. The van der Waals surface area contributed by atoms with E-state index in [-0.39, 0.29) is 0 Å². The first-order valence-electron chi connectivity index (χ1n) is 7.06. The molecule has 22 heavy (non-hydrogen) atoms. The molecule has 0 aliphatic rings. The van der Waals surface area contributed by atoms with Gasteiger partial charge >= 0.3 is 0 Å². The Kier molecular flexibility index (Phi) is 3.16. The molecule has 0 amide bonds. The highest BCUT2D eigenvalue weighted by molar-refractivity contribution is 7.09. The summed E-state index contributed by atoms with van der Waals surface area (Å²) in [5.41, 5.74) is 4.13. The summed E-state index contributed by atoms with van der Waals surface area (Å²) in [7, 11) is 0. The molecule has 4 aromatic rings. The fourth-order valence-electron chi connectivity index (χ4n) is 2.40. The SMILES string of the molecule is Cc1ccc2nc(-c3nc(-c4ccccc4)ns3)ccc2c1. The Bertz CT molecular complexity index is 945. The second-order valence-corrected chi connectivity index (χ2v) is 5.93. The Morgan fingerprint density at radius 2 is 1.73 bits per heavy atom. The van der Waals surface area contributed by atoms with Crippen molar-refractivity contribution in [2.75, 3.05) is 0 Å². The van der Waals surface area contributed by atoms with Crippen LogP contribution in [0.25, 0.3) is 33.0 Å². The molecule has 0 spiro atoms. The monoisotopic (exact) mass is 303 g/mol. The Morgan fingerprint density at radius 3 is 2.59 bits per heavy atom. The van der Waals surface area contributed by atoms with Gasteiger partial charge in [0.05, 0.1) is 5.52 Å². The van der Waals surface area contributed by atoms with E-state index in [1.165, 1.54) is 17.1 Å². The normalized spacial score (nSPS) is 11.0. The Labute approximate surface area is 132 Å². The average Bonchev–Trinajstić information content (AvgIpc) is 3.05. The lowest BCUT2D eigenvalue weighted by atomic mass is 10.1. The highest BCUT2D eigenvalue weighted by Crippen LogP contribution is 2.26. The number of aryl methyl sites for hydroxylation is 1. The lowest BCUT2D eigenvalue weighted by Crippen LogP contribution is -1.86. The summed E-state index contributed by atoms with van der Waals surface area (Å²) in [6, 6.07) is 20.4. The van der Waals surface area contributed by atoms with Crippen molar-refractivity contribution in [1.82, 2.24) is 14.3 Å². The van der Waals surface area contributed by atoms with Crippen LogP contribution in [0.3, 0.4) is 0 Å². The van der Waals surface area contributed by atoms with E-state index < -0.39 is 0 Å². The molecule has 106 valence electrons. The van der Waals surface area contributed by atoms with Crippen LogP contribution < -0.4 is 0 Å². The first-order chi connectivity index (χ1) is 10.8. The third-order valence-electron chi connectivity index (χ3n) is 3.52. The van der Waals surface area contributed by atoms with E-state index >= 15 is 0 Å². The van der Waals surface area contributed by atoms with Crippen molar-refractivity contribution in [1.29, 1.82) is 0 Å². The Morgan fingerprint density at radius 1 is 0.864 bits per heavy atom. The van der Waals surface area contributed by atoms with E-state index in [2.05, 4.69) is 34.5 Å². The van der Waals surface area contributed by atoms with Crippen LogP contribution in [0.1, 0.15) is 5.56 Å². The smallest absolute Gasteiger partial charge is 0.173 e. The van der Waals surface area contributed by atoms with E-state index in [0.717, 1.165) is 33.0 Å². The molecule has 0 saturated heterocycles. The maximum atomic E-state index is 4.70. The van der Waals surface area contributed by atoms with E-state index in [4.69, 9.17) is 4.98 Å². The van der Waals surface area contributed by atoms with Gasteiger partial charge in [-0.2, -0.15) is 4.37 Å². The van der Waals surface area contributed by atoms with Gasteiger partial charge in [0.1, 0.15) is 5.69 Å². The minimum Gasteiger partial charge on any atom is -0.245 e. The second-order valence-electron chi connectivity index (χ2n) is 5.18. The van der Waals surface area contributed by atoms with Crippen molar-refractivity contribution in [3.05, 3.63) is 66.2 Å². The number of nitrogens with zero attached hydrogens (tertiary/aromatic N) is 3. The number of benzene rings is 2. The van der Waals surface area contributed by atoms with Crippen LogP contribution in [-0.4, -0.2) is 14.3 Å². The molecule has 2 aromatic carbocycles. The minimum absolute atomic E-state index is 0.756. The summed E-state index contributed by atoms with van der Waals surface area (Å²) < 4.78 is 4.45. The summed E-state index contributed by atoms with van der Waals surface area (Å²) in [5.74, 6) is 0.756. The van der Waals surface area contributed by atoms with Gasteiger partial charge in [0.15, 0.2) is 10.8 Å². The molecule has 0 fully saturated rings. The van der Waals surface area contributed by atoms with Gasteiger partial charge in [0.25, 0.3) is 0 Å². The Hall–Kier alpha value is -2.59. The lowest BCUT2D eigenvalue weighted by molar-refractivity contribution is 1.29. The second kappa shape index (κ2) is 5.31. The van der Waals surface area contributed by atoms with Crippen molar-refractivity contribution >= 4 is 22.4 Å². The van der Waals surface area contributed by atoms with Gasteiger partial charge in [-0.1, -0.05) is 48.0 Å². The van der Waals surface area contributed by atoms with Crippen LogP contribution in [0.4, 0.5) is 0 Å². The third-order valence-corrected chi connectivity index (χ3v) is 4.26. The van der Waals surface area contributed by atoms with E-state index in [9.17, 15) is 0 Å². The van der Waals surface area contributed by atoms with Crippen LogP contribution in [0.2, 0.25) is 0 Å². The summed E-state index contributed by atoms with van der Waals surface area (Å²) in [6.07, 6.45) is 0. The zero-order chi connectivity index (χ0) is 14.9. The van der Waals surface area contributed by atoms with Gasteiger partial charge in [-0.25, -0.2) is 9.97 Å². The predicted molar refractivity (Wildman–Crippen MR) is 90.8 cm³/mol. The first-order valence-corrected chi connectivity index (χ1v) is 7.84. The average molecular weight is 303 g/mol. The minimum atomic E-state index is 0.756. The van der Waals surface area contributed by atoms with Crippen LogP contribution in [0.5, 0.6) is 0 Å². The number of pyridine rings is 1. The van der Waals surface area contributed by atoms with Gasteiger partial charge in [-0.3, -0.25) is 0 Å². The van der Waals surface area contributed by atoms with Gasteiger partial charge in [0.2, 0.25) is 0 Å². The summed E-state index contributed by atoms with van der Waals surface area (Å²) in [4.78, 5) is 9.32. The summed E-state index contributed by atoms with van der Waals surface area (Å²) in [6.45, 7) is 2.09. The van der Waals surface area contributed by atoms with Crippen molar-refractivity contribution in [3.8, 4) is 22.1 Å². The van der Waals surface area contributed by atoms with Crippen molar-refractivity contribution < 1.29 is 0 Å². The molecule has 0 bridgehead atoms.